The first-order chi connectivity index (χ1) is 16.2. The number of esters is 1. The van der Waals surface area contributed by atoms with Crippen LogP contribution in [0, 0.1) is 0 Å². The molecule has 0 spiro atoms. The molecular formula is C28H48N2O5. The van der Waals surface area contributed by atoms with Crippen LogP contribution in [0.1, 0.15) is 99.8 Å². The maximum absolute atomic E-state index is 12.2. The summed E-state index contributed by atoms with van der Waals surface area (Å²) >= 11 is 0. The van der Waals surface area contributed by atoms with E-state index in [9.17, 15) is 9.59 Å². The molecule has 0 radical (unpaired) electrons. The smallest absolute Gasteiger partial charge is 0.306 e. The van der Waals surface area contributed by atoms with E-state index >= 15 is 0 Å². The Hall–Kier alpha value is -2.12. The highest BCUT2D eigenvalue weighted by molar-refractivity contribution is 5.90. The number of hydrogen-bond acceptors (Lipinski definition) is 6. The monoisotopic (exact) mass is 492 g/mol. The fourth-order valence-corrected chi connectivity index (χ4v) is 3.49. The van der Waals surface area contributed by atoms with Gasteiger partial charge in [-0.25, -0.2) is 0 Å². The van der Waals surface area contributed by atoms with Crippen molar-refractivity contribution < 1.29 is 23.8 Å². The topological polar surface area (TPSA) is 99.9 Å². The minimum atomic E-state index is -0.438. The van der Waals surface area contributed by atoms with Gasteiger partial charge >= 0.3 is 5.97 Å². The molecule has 0 heterocycles. The molecular weight excluding hydrogens is 444 g/mol. The zero-order chi connectivity index (χ0) is 26.5. The largest absolute Gasteiger partial charge is 0.488 e. The van der Waals surface area contributed by atoms with Gasteiger partial charge in [0.15, 0.2) is 0 Å². The van der Waals surface area contributed by atoms with E-state index in [0.717, 1.165) is 50.0 Å². The van der Waals surface area contributed by atoms with Gasteiger partial charge in [-0.1, -0.05) is 12.8 Å². The third-order valence-electron chi connectivity index (χ3n) is 5.43. The summed E-state index contributed by atoms with van der Waals surface area (Å²) in [6.07, 6.45) is 5.83. The number of benzene rings is 1. The van der Waals surface area contributed by atoms with Gasteiger partial charge in [0.05, 0.1) is 12.2 Å². The summed E-state index contributed by atoms with van der Waals surface area (Å²) in [5.41, 5.74) is 5.33. The number of hydrogen-bond donors (Lipinski definition) is 2. The normalized spacial score (nSPS) is 12.3. The molecule has 3 N–H and O–H groups in total. The molecule has 1 rings (SSSR count). The number of ether oxygens (including phenoxy) is 3. The summed E-state index contributed by atoms with van der Waals surface area (Å²) in [5, 5.41) is 2.93. The Labute approximate surface area is 212 Å². The van der Waals surface area contributed by atoms with Crippen molar-refractivity contribution in [2.45, 2.75) is 117 Å². The third kappa shape index (κ3) is 15.5. The first-order valence-corrected chi connectivity index (χ1v) is 12.9. The molecule has 0 atom stereocenters. The van der Waals surface area contributed by atoms with Crippen molar-refractivity contribution in [3.63, 3.8) is 0 Å². The second kappa shape index (κ2) is 14.4. The van der Waals surface area contributed by atoms with Gasteiger partial charge in [-0.05, 0) is 98.5 Å². The molecule has 1 aromatic carbocycles. The molecule has 7 heteroatoms. The molecule has 0 bridgehead atoms. The number of rotatable bonds is 16. The number of carbonyl (C=O) groups is 2. The Kier molecular flexibility index (Phi) is 12.8. The second-order valence-electron chi connectivity index (χ2n) is 11.3. The van der Waals surface area contributed by atoms with Crippen molar-refractivity contribution in [2.24, 2.45) is 5.73 Å². The minimum absolute atomic E-state index is 0.0108. The van der Waals surface area contributed by atoms with Crippen LogP contribution in [0.2, 0.25) is 0 Å². The molecule has 200 valence electrons. The predicted octanol–water partition coefficient (Wildman–Crippen LogP) is 6.00. The quantitative estimate of drug-likeness (QED) is 0.217. The lowest BCUT2D eigenvalue weighted by Crippen LogP contribution is -2.33. The van der Waals surface area contributed by atoms with E-state index in [2.05, 4.69) is 5.32 Å². The van der Waals surface area contributed by atoms with Crippen molar-refractivity contribution in [3.05, 3.63) is 24.3 Å². The Morgan fingerprint density at radius 1 is 0.829 bits per heavy atom. The third-order valence-corrected chi connectivity index (χ3v) is 5.43. The molecule has 0 aromatic heterocycles. The lowest BCUT2D eigenvalue weighted by molar-refractivity contribution is -0.154. The fourth-order valence-electron chi connectivity index (χ4n) is 3.49. The molecule has 0 saturated carbocycles. The van der Waals surface area contributed by atoms with E-state index in [1.54, 1.807) is 0 Å². The second-order valence-corrected chi connectivity index (χ2v) is 11.3. The van der Waals surface area contributed by atoms with Crippen LogP contribution < -0.4 is 15.8 Å². The summed E-state index contributed by atoms with van der Waals surface area (Å²) in [6.45, 7) is 15.0. The zero-order valence-electron chi connectivity index (χ0n) is 23.0. The maximum atomic E-state index is 12.2. The van der Waals surface area contributed by atoms with Crippen LogP contribution in [0.5, 0.6) is 5.75 Å². The van der Waals surface area contributed by atoms with Crippen LogP contribution in [0.25, 0.3) is 0 Å². The first kappa shape index (κ1) is 30.9. The van der Waals surface area contributed by atoms with Crippen LogP contribution in [0.4, 0.5) is 5.69 Å². The number of anilines is 1. The highest BCUT2D eigenvalue weighted by atomic mass is 16.6. The Morgan fingerprint density at radius 2 is 1.43 bits per heavy atom. The molecule has 1 amide bonds. The van der Waals surface area contributed by atoms with Gasteiger partial charge in [0.25, 0.3) is 0 Å². The van der Waals surface area contributed by atoms with E-state index in [1.165, 1.54) is 0 Å². The van der Waals surface area contributed by atoms with Gasteiger partial charge in [0.1, 0.15) is 17.0 Å². The zero-order valence-corrected chi connectivity index (χ0v) is 23.0. The van der Waals surface area contributed by atoms with Crippen LogP contribution in [-0.2, 0) is 19.1 Å². The molecule has 0 aliphatic carbocycles. The van der Waals surface area contributed by atoms with E-state index in [4.69, 9.17) is 19.9 Å². The summed E-state index contributed by atoms with van der Waals surface area (Å²) in [5.74, 6) is 0.577. The van der Waals surface area contributed by atoms with Crippen LogP contribution in [0.3, 0.4) is 0 Å². The molecule has 0 unspecified atom stereocenters. The van der Waals surface area contributed by atoms with Gasteiger partial charge in [0, 0.05) is 24.9 Å². The molecule has 7 nitrogen and oxygen atoms in total. The van der Waals surface area contributed by atoms with Gasteiger partial charge in [-0.2, -0.15) is 0 Å². The number of carbonyl (C=O) groups excluding carboxylic acids is 2. The average molecular weight is 493 g/mol. The number of nitrogens with two attached hydrogens (primary N) is 1. The molecule has 0 aliphatic rings. The number of amides is 1. The number of unbranched alkanes of at least 4 members (excludes halogenated alkanes) is 3. The summed E-state index contributed by atoms with van der Waals surface area (Å²) in [4.78, 5) is 23.9. The summed E-state index contributed by atoms with van der Waals surface area (Å²) in [7, 11) is 0. The highest BCUT2D eigenvalue weighted by Gasteiger charge is 2.23. The SMILES string of the molecule is CC(C)(C)OC(=O)CCCCCCC(=O)Nc1ccc(OC(C)(C)CCOC(C)(C)CCN)cc1. The molecule has 0 fully saturated rings. The summed E-state index contributed by atoms with van der Waals surface area (Å²) < 4.78 is 17.4. The lowest BCUT2D eigenvalue weighted by Gasteiger charge is -2.30. The number of nitrogens with one attached hydrogen (secondary N) is 1. The molecule has 1 aromatic rings. The van der Waals surface area contributed by atoms with Gasteiger partial charge in [-0.3, -0.25) is 9.59 Å². The van der Waals surface area contributed by atoms with Crippen LogP contribution in [-0.4, -0.2) is 41.8 Å². The average Bonchev–Trinajstić information content (AvgIpc) is 2.70. The summed E-state index contributed by atoms with van der Waals surface area (Å²) in [6, 6.07) is 7.44. The Bertz CT molecular complexity index is 767. The van der Waals surface area contributed by atoms with Gasteiger partial charge in [-0.15, -0.1) is 0 Å². The van der Waals surface area contributed by atoms with Crippen molar-refractivity contribution in [1.29, 1.82) is 0 Å². The minimum Gasteiger partial charge on any atom is -0.488 e. The fraction of sp³-hybridized carbons (Fsp3) is 0.714. The van der Waals surface area contributed by atoms with Gasteiger partial charge < -0.3 is 25.3 Å². The van der Waals surface area contributed by atoms with E-state index < -0.39 is 5.60 Å². The molecule has 0 aliphatic heterocycles. The van der Waals surface area contributed by atoms with Crippen molar-refractivity contribution in [3.8, 4) is 5.75 Å². The van der Waals surface area contributed by atoms with E-state index in [-0.39, 0.29) is 23.1 Å². The molecule has 0 saturated heterocycles. The van der Waals surface area contributed by atoms with Crippen molar-refractivity contribution >= 4 is 17.6 Å². The lowest BCUT2D eigenvalue weighted by atomic mass is 10.0. The van der Waals surface area contributed by atoms with Crippen LogP contribution in [0.15, 0.2) is 24.3 Å². The van der Waals surface area contributed by atoms with E-state index in [1.807, 2.05) is 72.7 Å². The Balaban J connectivity index is 2.29. The standard InChI is InChI=1S/C28H48N2O5/c1-26(2,3)35-25(32)13-11-9-8-10-12-24(31)30-22-14-16-23(17-15-22)34-28(6,7)19-21-33-27(4,5)18-20-29/h14-17H,8-13,18-21,29H2,1-7H3,(H,30,31). The predicted molar refractivity (Wildman–Crippen MR) is 142 cm³/mol. The maximum Gasteiger partial charge on any atom is 0.306 e. The van der Waals surface area contributed by atoms with Crippen molar-refractivity contribution in [1.82, 2.24) is 0 Å². The molecule has 35 heavy (non-hydrogen) atoms. The van der Waals surface area contributed by atoms with Crippen molar-refractivity contribution in [2.75, 3.05) is 18.5 Å². The van der Waals surface area contributed by atoms with Crippen LogP contribution >= 0.6 is 0 Å². The highest BCUT2D eigenvalue weighted by Crippen LogP contribution is 2.24. The first-order valence-electron chi connectivity index (χ1n) is 12.9. The van der Waals surface area contributed by atoms with Gasteiger partial charge in [0.2, 0.25) is 5.91 Å². The van der Waals surface area contributed by atoms with E-state index in [0.29, 0.717) is 26.0 Å². The Morgan fingerprint density at radius 3 is 2.00 bits per heavy atom.